The van der Waals surface area contributed by atoms with Crippen molar-refractivity contribution in [2.24, 2.45) is 0 Å². The lowest BCUT2D eigenvalue weighted by atomic mass is 10.1. The largest absolute Gasteiger partial charge is 0.291 e. The van der Waals surface area contributed by atoms with E-state index in [9.17, 15) is 14.9 Å². The van der Waals surface area contributed by atoms with E-state index in [0.717, 1.165) is 44.9 Å². The maximum Gasteiger partial charge on any atom is 0.246 e. The molecular formula is C20H30NO3. The van der Waals surface area contributed by atoms with Gasteiger partial charge in [-0.1, -0.05) is 56.2 Å². The average Bonchev–Trinajstić information content (AvgIpc) is 2.57. The molecule has 0 N–H and O–H groups in total. The quantitative estimate of drug-likeness (QED) is 0.164. The van der Waals surface area contributed by atoms with Gasteiger partial charge in [0.15, 0.2) is 6.29 Å². The lowest BCUT2D eigenvalue weighted by molar-refractivity contribution is -0.427. The second kappa shape index (κ2) is 17.4. The Kier molecular flexibility index (Phi) is 16.0. The van der Waals surface area contributed by atoms with Crippen molar-refractivity contribution in [3.63, 3.8) is 0 Å². The molecule has 0 aliphatic rings. The summed E-state index contributed by atoms with van der Waals surface area (Å²) in [6, 6.07) is 0. The molecule has 24 heavy (non-hydrogen) atoms. The van der Waals surface area contributed by atoms with Crippen LogP contribution in [0.15, 0.2) is 48.2 Å². The van der Waals surface area contributed by atoms with Crippen LogP contribution in [0.2, 0.25) is 0 Å². The van der Waals surface area contributed by atoms with Gasteiger partial charge in [-0.25, -0.2) is 0 Å². The van der Waals surface area contributed by atoms with E-state index in [0.29, 0.717) is 19.3 Å². The fourth-order valence-corrected chi connectivity index (χ4v) is 2.11. The Morgan fingerprint density at radius 3 is 2.38 bits per heavy atom. The smallest absolute Gasteiger partial charge is 0.246 e. The lowest BCUT2D eigenvalue weighted by Gasteiger charge is -1.95. The van der Waals surface area contributed by atoms with Crippen molar-refractivity contribution in [3.8, 4) is 0 Å². The maximum atomic E-state index is 10.9. The summed E-state index contributed by atoms with van der Waals surface area (Å²) in [4.78, 5) is 20.7. The van der Waals surface area contributed by atoms with Crippen LogP contribution in [-0.4, -0.2) is 11.2 Å². The predicted molar refractivity (Wildman–Crippen MR) is 100 cm³/mol. The standard InChI is InChI=1S/C20H30NO3/c1-2-3-4-14-17-20(21(23)24)18-15-12-10-8-6-5-7-9-11-13-16-19-22/h3-4,6,8,12,15,17H,2,5,7,9-11,13-14,16,18H2,1H3/b4-3-,8-6-,15-12-,20-17+. The summed E-state index contributed by atoms with van der Waals surface area (Å²) >= 11 is 0. The van der Waals surface area contributed by atoms with Gasteiger partial charge in [0.1, 0.15) is 0 Å². The summed E-state index contributed by atoms with van der Waals surface area (Å²) in [6.07, 6.45) is 24.3. The van der Waals surface area contributed by atoms with Crippen molar-refractivity contribution >= 4 is 6.29 Å². The molecule has 133 valence electrons. The van der Waals surface area contributed by atoms with Crippen molar-refractivity contribution in [3.05, 3.63) is 58.3 Å². The molecule has 0 rings (SSSR count). The third-order valence-electron chi connectivity index (χ3n) is 3.46. The monoisotopic (exact) mass is 332 g/mol. The molecule has 0 aromatic rings. The molecule has 0 spiro atoms. The predicted octanol–water partition coefficient (Wildman–Crippen LogP) is 5.85. The van der Waals surface area contributed by atoms with Gasteiger partial charge in [-0.15, -0.1) is 0 Å². The van der Waals surface area contributed by atoms with Crippen molar-refractivity contribution in [1.82, 2.24) is 0 Å². The van der Waals surface area contributed by atoms with Crippen molar-refractivity contribution in [2.75, 3.05) is 0 Å². The van der Waals surface area contributed by atoms with Gasteiger partial charge >= 0.3 is 0 Å². The summed E-state index contributed by atoms with van der Waals surface area (Å²) in [7, 11) is 0. The summed E-state index contributed by atoms with van der Waals surface area (Å²) < 4.78 is 0. The molecule has 0 unspecified atom stereocenters. The molecular weight excluding hydrogens is 302 g/mol. The summed E-state index contributed by atoms with van der Waals surface area (Å²) in [5.74, 6) is 0. The Morgan fingerprint density at radius 1 is 0.958 bits per heavy atom. The van der Waals surface area contributed by atoms with Crippen LogP contribution >= 0.6 is 0 Å². The molecule has 0 fully saturated rings. The highest BCUT2D eigenvalue weighted by molar-refractivity contribution is 5.50. The Balaban J connectivity index is 3.84. The number of unbranched alkanes of at least 4 members (excludes halogenated alkanes) is 5. The van der Waals surface area contributed by atoms with Crippen LogP contribution in [0.3, 0.4) is 0 Å². The minimum atomic E-state index is -0.303. The summed E-state index contributed by atoms with van der Waals surface area (Å²) in [5, 5.41) is 10.9. The van der Waals surface area contributed by atoms with E-state index in [-0.39, 0.29) is 10.6 Å². The second-order valence-corrected chi connectivity index (χ2v) is 5.55. The number of carbonyl (C=O) groups excluding carboxylic acids is 1. The van der Waals surface area contributed by atoms with E-state index in [2.05, 4.69) is 12.2 Å². The van der Waals surface area contributed by atoms with Gasteiger partial charge in [-0.2, -0.15) is 0 Å². The number of rotatable bonds is 15. The molecule has 4 nitrogen and oxygen atoms in total. The number of hydrogen-bond donors (Lipinski definition) is 0. The van der Waals surface area contributed by atoms with E-state index in [1.807, 2.05) is 37.5 Å². The van der Waals surface area contributed by atoms with Crippen LogP contribution in [0.1, 0.15) is 71.1 Å². The van der Waals surface area contributed by atoms with Crippen LogP contribution in [-0.2, 0) is 4.79 Å². The van der Waals surface area contributed by atoms with Gasteiger partial charge < -0.3 is 0 Å². The Bertz CT molecular complexity index is 448. The highest BCUT2D eigenvalue weighted by Crippen LogP contribution is 2.07. The zero-order chi connectivity index (χ0) is 17.9. The molecule has 0 saturated carbocycles. The van der Waals surface area contributed by atoms with Crippen LogP contribution in [0, 0.1) is 10.1 Å². The van der Waals surface area contributed by atoms with E-state index in [4.69, 9.17) is 0 Å². The van der Waals surface area contributed by atoms with Crippen molar-refractivity contribution < 1.29 is 9.72 Å². The Labute approximate surface area is 146 Å². The molecule has 0 aliphatic heterocycles. The first kappa shape index (κ1) is 22.0. The van der Waals surface area contributed by atoms with Crippen molar-refractivity contribution in [1.29, 1.82) is 0 Å². The summed E-state index contributed by atoms with van der Waals surface area (Å²) in [5.41, 5.74) is 0.253. The number of nitrogens with zero attached hydrogens (tertiary/aromatic N) is 1. The van der Waals surface area contributed by atoms with Gasteiger partial charge in [0.05, 0.1) is 11.3 Å². The molecule has 0 heterocycles. The molecule has 0 amide bonds. The molecule has 1 radical (unpaired) electrons. The van der Waals surface area contributed by atoms with Crippen LogP contribution in [0.4, 0.5) is 0 Å². The molecule has 0 saturated heterocycles. The minimum absolute atomic E-state index is 0.253. The Morgan fingerprint density at radius 2 is 1.67 bits per heavy atom. The molecule has 0 aromatic carbocycles. The van der Waals surface area contributed by atoms with Gasteiger partial charge in [-0.3, -0.25) is 14.9 Å². The second-order valence-electron chi connectivity index (χ2n) is 5.55. The van der Waals surface area contributed by atoms with Gasteiger partial charge in [-0.05, 0) is 44.6 Å². The normalized spacial score (nSPS) is 12.6. The zero-order valence-corrected chi connectivity index (χ0v) is 14.8. The zero-order valence-electron chi connectivity index (χ0n) is 14.8. The van der Waals surface area contributed by atoms with E-state index < -0.39 is 0 Å². The first-order valence-electron chi connectivity index (χ1n) is 8.85. The lowest BCUT2D eigenvalue weighted by Crippen LogP contribution is -1.97. The summed E-state index contributed by atoms with van der Waals surface area (Å²) in [6.45, 7) is 2.04. The Hall–Kier alpha value is -1.97. The minimum Gasteiger partial charge on any atom is -0.291 e. The molecule has 4 heteroatoms. The molecule has 0 bridgehead atoms. The third-order valence-corrected chi connectivity index (χ3v) is 3.46. The number of allylic oxidation sites excluding steroid dienone is 7. The highest BCUT2D eigenvalue weighted by Gasteiger charge is 2.06. The van der Waals surface area contributed by atoms with Crippen LogP contribution < -0.4 is 0 Å². The molecule has 0 aliphatic carbocycles. The van der Waals surface area contributed by atoms with Gasteiger partial charge in [0, 0.05) is 6.42 Å². The van der Waals surface area contributed by atoms with Crippen molar-refractivity contribution in [2.45, 2.75) is 71.1 Å². The maximum absolute atomic E-state index is 10.9. The highest BCUT2D eigenvalue weighted by atomic mass is 16.6. The van der Waals surface area contributed by atoms with Gasteiger partial charge in [0.2, 0.25) is 5.70 Å². The molecule has 0 atom stereocenters. The van der Waals surface area contributed by atoms with Crippen LogP contribution in [0.5, 0.6) is 0 Å². The first-order valence-corrected chi connectivity index (χ1v) is 8.85. The molecule has 0 aromatic heterocycles. The van der Waals surface area contributed by atoms with Crippen LogP contribution in [0.25, 0.3) is 0 Å². The number of hydrogen-bond acceptors (Lipinski definition) is 3. The average molecular weight is 332 g/mol. The fraction of sp³-hybridized carbons (Fsp3) is 0.550. The van der Waals surface area contributed by atoms with Gasteiger partial charge in [0.25, 0.3) is 0 Å². The first-order chi connectivity index (χ1) is 11.7. The fourth-order valence-electron chi connectivity index (χ4n) is 2.11. The third kappa shape index (κ3) is 14.9. The number of nitro groups is 1. The van der Waals surface area contributed by atoms with E-state index in [1.165, 1.54) is 0 Å². The van der Waals surface area contributed by atoms with E-state index in [1.54, 1.807) is 6.08 Å². The SMILES string of the molecule is CC/C=C\C/C=C(\C/C=C\C/C=C\CCCCCC[C]=O)[N+](=O)[O-]. The van der Waals surface area contributed by atoms with E-state index >= 15 is 0 Å². The topological polar surface area (TPSA) is 60.2 Å².